The van der Waals surface area contributed by atoms with E-state index in [0.29, 0.717) is 17.1 Å². The van der Waals surface area contributed by atoms with Crippen LogP contribution in [0.15, 0.2) is 59.8 Å². The first-order valence-corrected chi connectivity index (χ1v) is 7.60. The Kier molecular flexibility index (Phi) is 4.39. The number of alkyl halides is 3. The van der Waals surface area contributed by atoms with Gasteiger partial charge in [0.25, 0.3) is 0 Å². The van der Waals surface area contributed by atoms with E-state index in [1.807, 2.05) is 0 Å². The number of hydrogen-bond acceptors (Lipinski definition) is 4. The molecule has 3 rings (SSSR count). The molecule has 3 aromatic rings. The van der Waals surface area contributed by atoms with Gasteiger partial charge in [-0.15, -0.1) is 5.10 Å². The summed E-state index contributed by atoms with van der Waals surface area (Å²) in [5.74, 6) is 0.459. The van der Waals surface area contributed by atoms with Gasteiger partial charge in [-0.2, -0.15) is 13.2 Å². The van der Waals surface area contributed by atoms with Crippen molar-refractivity contribution in [2.75, 3.05) is 0 Å². The molecular weight excluding hydrogens is 339 g/mol. The van der Waals surface area contributed by atoms with E-state index in [-0.39, 0.29) is 16.7 Å². The van der Waals surface area contributed by atoms with Crippen LogP contribution >= 0.6 is 11.8 Å². The Morgan fingerprint density at radius 1 is 1.00 bits per heavy atom. The highest BCUT2D eigenvalue weighted by atomic mass is 32.2. The van der Waals surface area contributed by atoms with Crippen LogP contribution < -0.4 is 0 Å². The number of nitrogens with zero attached hydrogens (tertiary/aromatic N) is 3. The Balaban J connectivity index is 1.80. The molecule has 0 aliphatic rings. The van der Waals surface area contributed by atoms with Crippen LogP contribution in [0.2, 0.25) is 0 Å². The molecule has 8 heteroatoms. The van der Waals surface area contributed by atoms with Crippen LogP contribution in [0.5, 0.6) is 0 Å². The molecule has 0 bridgehead atoms. The number of aromatic nitrogens is 3. The minimum Gasteiger partial charge on any atom is -0.298 e. The standard InChI is InChI=1S/C16H10F3N3OS/c17-16(18,19)24-14-7-5-13(6-8-14)22-10-20-15(21-22)12-3-1-11(9-23)2-4-12/h1-10H. The van der Waals surface area contributed by atoms with Gasteiger partial charge in [0.1, 0.15) is 12.6 Å². The highest BCUT2D eigenvalue weighted by molar-refractivity contribution is 8.00. The predicted octanol–water partition coefficient (Wildman–Crippen LogP) is 4.36. The average Bonchev–Trinajstić information content (AvgIpc) is 3.04. The van der Waals surface area contributed by atoms with Crippen LogP contribution in [-0.2, 0) is 0 Å². The average molecular weight is 349 g/mol. The summed E-state index contributed by atoms with van der Waals surface area (Å²) in [6.45, 7) is 0. The Bertz CT molecular complexity index is 842. The highest BCUT2D eigenvalue weighted by Gasteiger charge is 2.29. The van der Waals surface area contributed by atoms with Crippen molar-refractivity contribution in [1.82, 2.24) is 14.8 Å². The molecule has 0 radical (unpaired) electrons. The first-order chi connectivity index (χ1) is 11.4. The second-order valence-corrected chi connectivity index (χ2v) is 5.93. The summed E-state index contributed by atoms with van der Waals surface area (Å²) in [6, 6.07) is 12.6. The topological polar surface area (TPSA) is 47.8 Å². The van der Waals surface area contributed by atoms with Crippen molar-refractivity contribution in [2.24, 2.45) is 0 Å². The second kappa shape index (κ2) is 6.48. The van der Waals surface area contributed by atoms with E-state index in [9.17, 15) is 18.0 Å². The van der Waals surface area contributed by atoms with Crippen LogP contribution in [0, 0.1) is 0 Å². The quantitative estimate of drug-likeness (QED) is 0.519. The van der Waals surface area contributed by atoms with Gasteiger partial charge in [-0.1, -0.05) is 24.3 Å². The number of rotatable bonds is 4. The van der Waals surface area contributed by atoms with E-state index in [2.05, 4.69) is 10.1 Å². The Labute approximate surface area is 139 Å². The number of thioether (sulfide) groups is 1. The third-order valence-electron chi connectivity index (χ3n) is 3.13. The van der Waals surface area contributed by atoms with Gasteiger partial charge < -0.3 is 0 Å². The third kappa shape index (κ3) is 3.83. The first kappa shape index (κ1) is 16.3. The maximum atomic E-state index is 12.3. The highest BCUT2D eigenvalue weighted by Crippen LogP contribution is 2.36. The van der Waals surface area contributed by atoms with Gasteiger partial charge in [0.2, 0.25) is 0 Å². The van der Waals surface area contributed by atoms with Crippen molar-refractivity contribution < 1.29 is 18.0 Å². The van der Waals surface area contributed by atoms with E-state index in [0.717, 1.165) is 11.8 Å². The van der Waals surface area contributed by atoms with E-state index in [4.69, 9.17) is 0 Å². The fourth-order valence-corrected chi connectivity index (χ4v) is 2.57. The molecular formula is C16H10F3N3OS. The Morgan fingerprint density at radius 3 is 2.25 bits per heavy atom. The number of halogens is 3. The van der Waals surface area contributed by atoms with Crippen molar-refractivity contribution >= 4 is 18.0 Å². The zero-order chi connectivity index (χ0) is 17.2. The van der Waals surface area contributed by atoms with Gasteiger partial charge in [0, 0.05) is 16.0 Å². The molecule has 0 atom stereocenters. The molecule has 0 aliphatic heterocycles. The minimum atomic E-state index is -4.31. The van der Waals surface area contributed by atoms with Crippen LogP contribution in [0.4, 0.5) is 13.2 Å². The molecule has 0 unspecified atom stereocenters. The Morgan fingerprint density at radius 2 is 1.67 bits per heavy atom. The molecule has 2 aromatic carbocycles. The fourth-order valence-electron chi connectivity index (χ4n) is 2.03. The van der Waals surface area contributed by atoms with E-state index < -0.39 is 5.51 Å². The van der Waals surface area contributed by atoms with Crippen LogP contribution in [-0.4, -0.2) is 26.6 Å². The molecule has 1 heterocycles. The molecule has 0 amide bonds. The van der Waals surface area contributed by atoms with Crippen molar-refractivity contribution in [1.29, 1.82) is 0 Å². The smallest absolute Gasteiger partial charge is 0.298 e. The number of carbonyl (C=O) groups excluding carboxylic acids is 1. The molecule has 4 nitrogen and oxygen atoms in total. The summed E-state index contributed by atoms with van der Waals surface area (Å²) < 4.78 is 38.4. The molecule has 0 aliphatic carbocycles. The number of hydrogen-bond donors (Lipinski definition) is 0. The molecule has 1 aromatic heterocycles. The lowest BCUT2D eigenvalue weighted by Crippen LogP contribution is -1.99. The maximum absolute atomic E-state index is 12.3. The van der Waals surface area contributed by atoms with Crippen LogP contribution in [0.1, 0.15) is 10.4 Å². The normalized spacial score (nSPS) is 11.5. The zero-order valence-electron chi connectivity index (χ0n) is 12.1. The summed E-state index contributed by atoms with van der Waals surface area (Å²) in [6.07, 6.45) is 2.23. The molecule has 0 spiro atoms. The van der Waals surface area contributed by atoms with Gasteiger partial charge in [0.15, 0.2) is 5.82 Å². The van der Waals surface area contributed by atoms with E-state index in [1.54, 1.807) is 36.4 Å². The molecule has 0 N–H and O–H groups in total. The third-order valence-corrected chi connectivity index (χ3v) is 3.87. The lowest BCUT2D eigenvalue weighted by Gasteiger charge is -2.06. The number of aldehydes is 1. The molecule has 0 fully saturated rings. The monoisotopic (exact) mass is 349 g/mol. The van der Waals surface area contributed by atoms with Gasteiger partial charge >= 0.3 is 5.51 Å². The summed E-state index contributed by atoms with van der Waals surface area (Å²) in [4.78, 5) is 14.9. The summed E-state index contributed by atoms with van der Waals surface area (Å²) in [5.41, 5.74) is -2.42. The van der Waals surface area contributed by atoms with E-state index >= 15 is 0 Å². The molecule has 24 heavy (non-hydrogen) atoms. The van der Waals surface area contributed by atoms with E-state index in [1.165, 1.54) is 23.1 Å². The van der Waals surface area contributed by atoms with Crippen LogP contribution in [0.3, 0.4) is 0 Å². The van der Waals surface area contributed by atoms with Crippen molar-refractivity contribution in [3.63, 3.8) is 0 Å². The van der Waals surface area contributed by atoms with Gasteiger partial charge in [-0.3, -0.25) is 4.79 Å². The lowest BCUT2D eigenvalue weighted by molar-refractivity contribution is -0.0328. The molecule has 0 saturated carbocycles. The lowest BCUT2D eigenvalue weighted by atomic mass is 10.1. The summed E-state index contributed by atoms with van der Waals surface area (Å²) in [5, 5.41) is 4.30. The predicted molar refractivity (Wildman–Crippen MR) is 84.1 cm³/mol. The zero-order valence-corrected chi connectivity index (χ0v) is 12.9. The SMILES string of the molecule is O=Cc1ccc(-c2ncn(-c3ccc(SC(F)(F)F)cc3)n2)cc1. The van der Waals surface area contributed by atoms with Crippen molar-refractivity contribution in [3.8, 4) is 17.1 Å². The van der Waals surface area contributed by atoms with Gasteiger partial charge in [-0.05, 0) is 36.0 Å². The summed E-state index contributed by atoms with van der Waals surface area (Å²) in [7, 11) is 0. The fraction of sp³-hybridized carbons (Fsp3) is 0.0625. The van der Waals surface area contributed by atoms with Gasteiger partial charge in [-0.25, -0.2) is 9.67 Å². The molecule has 0 saturated heterocycles. The first-order valence-electron chi connectivity index (χ1n) is 6.78. The van der Waals surface area contributed by atoms with Crippen molar-refractivity contribution in [2.45, 2.75) is 10.4 Å². The number of benzene rings is 2. The molecule has 122 valence electrons. The second-order valence-electron chi connectivity index (χ2n) is 4.79. The minimum absolute atomic E-state index is 0.107. The largest absolute Gasteiger partial charge is 0.446 e. The number of carbonyl (C=O) groups is 1. The Hall–Kier alpha value is -2.61. The van der Waals surface area contributed by atoms with Gasteiger partial charge in [0.05, 0.1) is 5.69 Å². The van der Waals surface area contributed by atoms with Crippen LogP contribution in [0.25, 0.3) is 17.1 Å². The van der Waals surface area contributed by atoms with Crippen molar-refractivity contribution in [3.05, 3.63) is 60.4 Å². The summed E-state index contributed by atoms with van der Waals surface area (Å²) >= 11 is -0.164. The maximum Gasteiger partial charge on any atom is 0.446 e.